The maximum Gasteiger partial charge on any atom is 0.417 e. The van der Waals surface area contributed by atoms with Gasteiger partial charge >= 0.3 is 6.18 Å². The van der Waals surface area contributed by atoms with Crippen molar-refractivity contribution in [3.05, 3.63) is 28.8 Å². The van der Waals surface area contributed by atoms with Crippen LogP contribution in [0.2, 0.25) is 5.02 Å². The standard InChI is InChI=1S/C15H18ClF3N2/c1-21-11-3-4-12(21)7-10(6-11)20-9-2-5-14(16)13(8-9)15(17,18)19/h2,5,8,10-12,20H,3-4,6-7H2,1H3. The van der Waals surface area contributed by atoms with Crippen LogP contribution < -0.4 is 5.32 Å². The van der Waals surface area contributed by atoms with Crippen molar-refractivity contribution in [3.63, 3.8) is 0 Å². The Bertz CT molecular complexity index is 518. The summed E-state index contributed by atoms with van der Waals surface area (Å²) in [5.41, 5.74) is -0.272. The van der Waals surface area contributed by atoms with Gasteiger partial charge in [-0.2, -0.15) is 13.2 Å². The number of halogens is 4. The lowest BCUT2D eigenvalue weighted by atomic mass is 9.97. The van der Waals surface area contributed by atoms with Crippen LogP contribution in [0.25, 0.3) is 0 Å². The highest BCUT2D eigenvalue weighted by Gasteiger charge is 2.38. The van der Waals surface area contributed by atoms with E-state index in [4.69, 9.17) is 11.6 Å². The Morgan fingerprint density at radius 3 is 2.38 bits per heavy atom. The van der Waals surface area contributed by atoms with E-state index >= 15 is 0 Å². The Labute approximate surface area is 127 Å². The van der Waals surface area contributed by atoms with E-state index in [-0.39, 0.29) is 11.1 Å². The molecule has 2 saturated heterocycles. The average Bonchev–Trinajstić information content (AvgIpc) is 2.62. The Morgan fingerprint density at radius 2 is 1.81 bits per heavy atom. The lowest BCUT2D eigenvalue weighted by Gasteiger charge is -2.37. The van der Waals surface area contributed by atoms with Crippen molar-refractivity contribution in [1.82, 2.24) is 4.90 Å². The average molecular weight is 319 g/mol. The van der Waals surface area contributed by atoms with E-state index < -0.39 is 11.7 Å². The molecule has 0 spiro atoms. The van der Waals surface area contributed by atoms with Crippen molar-refractivity contribution in [2.24, 2.45) is 0 Å². The molecule has 0 amide bonds. The minimum atomic E-state index is -4.42. The van der Waals surface area contributed by atoms with Crippen LogP contribution >= 0.6 is 11.6 Å². The van der Waals surface area contributed by atoms with Crippen LogP contribution in [-0.4, -0.2) is 30.1 Å². The zero-order valence-corrected chi connectivity index (χ0v) is 12.5. The van der Waals surface area contributed by atoms with Gasteiger partial charge in [0.25, 0.3) is 0 Å². The van der Waals surface area contributed by atoms with Crippen LogP contribution in [0.4, 0.5) is 18.9 Å². The number of hydrogen-bond acceptors (Lipinski definition) is 2. The fourth-order valence-electron chi connectivity index (χ4n) is 3.60. The van der Waals surface area contributed by atoms with E-state index in [1.165, 1.54) is 18.9 Å². The first kappa shape index (κ1) is 15.0. The van der Waals surface area contributed by atoms with Crippen molar-refractivity contribution in [2.75, 3.05) is 12.4 Å². The smallest absolute Gasteiger partial charge is 0.382 e. The summed E-state index contributed by atoms with van der Waals surface area (Å²) in [5.74, 6) is 0. The number of piperidine rings is 1. The molecule has 21 heavy (non-hydrogen) atoms. The van der Waals surface area contributed by atoms with E-state index in [9.17, 15) is 13.2 Å². The van der Waals surface area contributed by atoms with E-state index in [0.717, 1.165) is 18.9 Å². The highest BCUT2D eigenvalue weighted by Crippen LogP contribution is 2.38. The van der Waals surface area contributed by atoms with Gasteiger partial charge in [-0.1, -0.05) is 11.6 Å². The van der Waals surface area contributed by atoms with Gasteiger partial charge in [0, 0.05) is 23.8 Å². The second-order valence-electron chi connectivity index (χ2n) is 6.06. The third-order valence-electron chi connectivity index (χ3n) is 4.74. The number of nitrogens with one attached hydrogen (secondary N) is 1. The van der Waals surface area contributed by atoms with Gasteiger partial charge < -0.3 is 10.2 Å². The van der Waals surface area contributed by atoms with Crippen LogP contribution in [0.3, 0.4) is 0 Å². The van der Waals surface area contributed by atoms with E-state index in [1.807, 2.05) is 0 Å². The lowest BCUT2D eigenvalue weighted by molar-refractivity contribution is -0.137. The summed E-state index contributed by atoms with van der Waals surface area (Å²) < 4.78 is 38.6. The van der Waals surface area contributed by atoms with E-state index in [1.54, 1.807) is 6.07 Å². The number of hydrogen-bond donors (Lipinski definition) is 1. The predicted molar refractivity (Wildman–Crippen MR) is 77.7 cm³/mol. The largest absolute Gasteiger partial charge is 0.417 e. The van der Waals surface area contributed by atoms with Crippen LogP contribution in [0.1, 0.15) is 31.2 Å². The van der Waals surface area contributed by atoms with Crippen LogP contribution in [0.15, 0.2) is 18.2 Å². The van der Waals surface area contributed by atoms with Gasteiger partial charge in [0.1, 0.15) is 0 Å². The molecule has 0 aliphatic carbocycles. The minimum Gasteiger partial charge on any atom is -0.382 e. The third-order valence-corrected chi connectivity index (χ3v) is 5.07. The Hall–Kier alpha value is -0.940. The van der Waals surface area contributed by atoms with Crippen LogP contribution in [0, 0.1) is 0 Å². The molecule has 1 N–H and O–H groups in total. The first-order chi connectivity index (χ1) is 9.84. The summed E-state index contributed by atoms with van der Waals surface area (Å²) in [6.45, 7) is 0. The number of fused-ring (bicyclic) bond motifs is 2. The fourth-order valence-corrected chi connectivity index (χ4v) is 3.82. The Morgan fingerprint density at radius 1 is 1.19 bits per heavy atom. The molecule has 2 unspecified atom stereocenters. The fraction of sp³-hybridized carbons (Fsp3) is 0.600. The highest BCUT2D eigenvalue weighted by molar-refractivity contribution is 6.31. The van der Waals surface area contributed by atoms with Gasteiger partial charge in [0.2, 0.25) is 0 Å². The quantitative estimate of drug-likeness (QED) is 0.869. The number of nitrogens with zero attached hydrogens (tertiary/aromatic N) is 1. The maximum absolute atomic E-state index is 12.9. The van der Waals surface area contributed by atoms with Gasteiger partial charge in [-0.05, 0) is 50.9 Å². The normalized spacial score (nSPS) is 29.7. The summed E-state index contributed by atoms with van der Waals surface area (Å²) in [4.78, 5) is 2.40. The summed E-state index contributed by atoms with van der Waals surface area (Å²) in [6, 6.07) is 5.39. The maximum atomic E-state index is 12.9. The lowest BCUT2D eigenvalue weighted by Crippen LogP contribution is -2.44. The third kappa shape index (κ3) is 2.99. The minimum absolute atomic E-state index is 0.237. The molecule has 2 aliphatic heterocycles. The Kier molecular flexibility index (Phi) is 3.82. The first-order valence-corrected chi connectivity index (χ1v) is 7.57. The SMILES string of the molecule is CN1C2CCC1CC(Nc1ccc(Cl)c(C(F)(F)F)c1)C2. The molecule has 1 aromatic carbocycles. The van der Waals surface area contributed by atoms with Crippen LogP contribution in [-0.2, 0) is 6.18 Å². The zero-order chi connectivity index (χ0) is 15.2. The molecule has 6 heteroatoms. The van der Waals surface area contributed by atoms with Crippen LogP contribution in [0.5, 0.6) is 0 Å². The molecular weight excluding hydrogens is 301 g/mol. The summed E-state index contributed by atoms with van der Waals surface area (Å²) in [7, 11) is 2.14. The molecule has 2 atom stereocenters. The summed E-state index contributed by atoms with van der Waals surface area (Å²) >= 11 is 5.64. The molecule has 116 valence electrons. The molecule has 2 aliphatic rings. The van der Waals surface area contributed by atoms with Crippen molar-refractivity contribution >= 4 is 17.3 Å². The summed E-state index contributed by atoms with van der Waals surface area (Å²) in [6.07, 6.45) is -0.0733. The molecule has 1 aromatic rings. The van der Waals surface area contributed by atoms with Crippen molar-refractivity contribution < 1.29 is 13.2 Å². The number of rotatable bonds is 2. The number of benzene rings is 1. The predicted octanol–water partition coefficient (Wildman–Crippen LogP) is 4.40. The second-order valence-corrected chi connectivity index (χ2v) is 6.46. The van der Waals surface area contributed by atoms with Crippen molar-refractivity contribution in [1.29, 1.82) is 0 Å². The van der Waals surface area contributed by atoms with Gasteiger partial charge in [-0.3, -0.25) is 0 Å². The topological polar surface area (TPSA) is 15.3 Å². The molecule has 2 bridgehead atoms. The molecular formula is C15H18ClF3N2. The van der Waals surface area contributed by atoms with Gasteiger partial charge in [0.05, 0.1) is 10.6 Å². The summed E-state index contributed by atoms with van der Waals surface area (Å²) in [5, 5.41) is 3.00. The number of alkyl halides is 3. The zero-order valence-electron chi connectivity index (χ0n) is 11.8. The first-order valence-electron chi connectivity index (χ1n) is 7.20. The molecule has 0 radical (unpaired) electrons. The molecule has 2 nitrogen and oxygen atoms in total. The molecule has 0 aromatic heterocycles. The second kappa shape index (κ2) is 5.36. The number of anilines is 1. The van der Waals surface area contributed by atoms with Gasteiger partial charge in [-0.15, -0.1) is 0 Å². The molecule has 2 heterocycles. The monoisotopic (exact) mass is 318 g/mol. The Balaban J connectivity index is 1.74. The van der Waals surface area contributed by atoms with Gasteiger partial charge in [-0.25, -0.2) is 0 Å². The van der Waals surface area contributed by atoms with E-state index in [2.05, 4.69) is 17.3 Å². The molecule has 3 rings (SSSR count). The molecule has 2 fully saturated rings. The molecule has 0 saturated carbocycles. The van der Waals surface area contributed by atoms with E-state index in [0.29, 0.717) is 17.8 Å². The van der Waals surface area contributed by atoms with Gasteiger partial charge in [0.15, 0.2) is 0 Å². The van der Waals surface area contributed by atoms with Crippen molar-refractivity contribution in [2.45, 2.75) is 50.0 Å². The van der Waals surface area contributed by atoms with Crippen molar-refractivity contribution in [3.8, 4) is 0 Å². The highest BCUT2D eigenvalue weighted by atomic mass is 35.5.